The molecule has 4 atom stereocenters. The molecule has 0 saturated carbocycles. The van der Waals surface area contributed by atoms with Gasteiger partial charge in [0.05, 0.1) is 23.3 Å². The summed E-state index contributed by atoms with van der Waals surface area (Å²) in [4.78, 5) is 41.0. The van der Waals surface area contributed by atoms with E-state index < -0.39 is 42.4 Å². The smallest absolute Gasteiger partial charge is 0.340 e. The van der Waals surface area contributed by atoms with Gasteiger partial charge in [0.1, 0.15) is 12.1 Å². The van der Waals surface area contributed by atoms with Crippen LogP contribution in [0.25, 0.3) is 10.4 Å². The minimum Gasteiger partial charge on any atom is -0.456 e. The molecule has 10 heteroatoms. The van der Waals surface area contributed by atoms with Gasteiger partial charge in [0.15, 0.2) is 6.10 Å². The van der Waals surface area contributed by atoms with Crippen LogP contribution >= 0.6 is 0 Å². The number of ether oxygens (including phenoxy) is 4. The second-order valence-corrected chi connectivity index (χ2v) is 7.71. The molecule has 0 radical (unpaired) electrons. The van der Waals surface area contributed by atoms with E-state index in [0.717, 1.165) is 0 Å². The summed E-state index contributed by atoms with van der Waals surface area (Å²) >= 11 is 0. The molecule has 1 saturated heterocycles. The predicted octanol–water partition coefficient (Wildman–Crippen LogP) is 4.33. The molecule has 3 aromatic rings. The van der Waals surface area contributed by atoms with E-state index in [4.69, 9.17) is 18.9 Å². The monoisotopic (exact) mass is 487 g/mol. The minimum absolute atomic E-state index is 0.216. The lowest BCUT2D eigenvalue weighted by Crippen LogP contribution is -2.56. The molecule has 0 N–H and O–H groups in total. The topological polar surface area (TPSA) is 137 Å². The SMILES string of the molecule is [N-]=[N+]=N[C@@H]1[C@H](OC(=O)c2ccccc2)COC(OC(=O)c2ccccc2)[C@@H]1OC(=O)c1ccccc1. The standard InChI is InChI=1S/C26H21N3O7/c27-29-28-21-20(34-23(30)17-10-4-1-5-11-17)16-33-26(36-25(32)19-14-8-3-9-15-19)22(21)35-24(31)18-12-6-2-7-13-18/h1-15,20-22,26H,16H2/t20-,21-,22-,26?/m1/s1. The van der Waals surface area contributed by atoms with Gasteiger partial charge in [-0.25, -0.2) is 14.4 Å². The van der Waals surface area contributed by atoms with Gasteiger partial charge >= 0.3 is 17.9 Å². The van der Waals surface area contributed by atoms with Crippen molar-refractivity contribution in [2.24, 2.45) is 5.11 Å². The Hall–Kier alpha value is -4.66. The van der Waals surface area contributed by atoms with Crippen molar-refractivity contribution in [1.82, 2.24) is 0 Å². The molecule has 182 valence electrons. The normalized spacial score (nSPS) is 20.9. The molecule has 3 aromatic carbocycles. The molecular formula is C26H21N3O7. The summed E-state index contributed by atoms with van der Waals surface area (Å²) < 4.78 is 22.3. The zero-order valence-electron chi connectivity index (χ0n) is 18.9. The molecule has 10 nitrogen and oxygen atoms in total. The van der Waals surface area contributed by atoms with Crippen molar-refractivity contribution < 1.29 is 33.3 Å². The molecule has 0 aliphatic carbocycles. The predicted molar refractivity (Wildman–Crippen MR) is 126 cm³/mol. The third-order valence-electron chi connectivity index (χ3n) is 5.35. The van der Waals surface area contributed by atoms with Crippen LogP contribution in [0.2, 0.25) is 0 Å². The van der Waals surface area contributed by atoms with Crippen molar-refractivity contribution >= 4 is 17.9 Å². The second kappa shape index (κ2) is 11.7. The van der Waals surface area contributed by atoms with Gasteiger partial charge in [0, 0.05) is 4.91 Å². The fraction of sp³-hybridized carbons (Fsp3) is 0.192. The highest BCUT2D eigenvalue weighted by Crippen LogP contribution is 2.27. The zero-order chi connectivity index (χ0) is 25.3. The van der Waals surface area contributed by atoms with Crippen LogP contribution in [-0.2, 0) is 18.9 Å². The number of hydrogen-bond donors (Lipinski definition) is 0. The first kappa shape index (κ1) is 24.5. The summed E-state index contributed by atoms with van der Waals surface area (Å²) in [7, 11) is 0. The van der Waals surface area contributed by atoms with Gasteiger partial charge in [-0.05, 0) is 41.9 Å². The van der Waals surface area contributed by atoms with Crippen LogP contribution in [0.1, 0.15) is 31.1 Å². The maximum Gasteiger partial charge on any atom is 0.340 e. The maximum atomic E-state index is 12.9. The van der Waals surface area contributed by atoms with Gasteiger partial charge in [-0.3, -0.25) is 0 Å². The van der Waals surface area contributed by atoms with Gasteiger partial charge in [0.2, 0.25) is 6.29 Å². The Labute approximate surface area is 206 Å². The van der Waals surface area contributed by atoms with E-state index in [1.54, 1.807) is 78.9 Å². The van der Waals surface area contributed by atoms with Crippen molar-refractivity contribution in [3.8, 4) is 0 Å². The summed E-state index contributed by atoms with van der Waals surface area (Å²) in [6.07, 6.45) is -3.94. The van der Waals surface area contributed by atoms with Crippen LogP contribution in [0.5, 0.6) is 0 Å². The molecule has 1 aliphatic rings. The Morgan fingerprint density at radius 2 is 1.17 bits per heavy atom. The number of rotatable bonds is 7. The van der Waals surface area contributed by atoms with Crippen LogP contribution in [0.15, 0.2) is 96.1 Å². The van der Waals surface area contributed by atoms with Crippen molar-refractivity contribution in [3.05, 3.63) is 118 Å². The number of nitrogens with zero attached hydrogens (tertiary/aromatic N) is 3. The van der Waals surface area contributed by atoms with E-state index in [1.807, 2.05) is 0 Å². The Bertz CT molecular complexity index is 1250. The van der Waals surface area contributed by atoms with E-state index in [0.29, 0.717) is 0 Å². The summed E-state index contributed by atoms with van der Waals surface area (Å²) in [6, 6.07) is 23.2. The molecule has 4 rings (SSSR count). The van der Waals surface area contributed by atoms with E-state index in [2.05, 4.69) is 10.0 Å². The quantitative estimate of drug-likeness (QED) is 0.159. The highest BCUT2D eigenvalue weighted by molar-refractivity contribution is 5.91. The van der Waals surface area contributed by atoms with Crippen molar-refractivity contribution in [2.45, 2.75) is 24.5 Å². The first-order valence-corrected chi connectivity index (χ1v) is 11.0. The molecule has 1 heterocycles. The number of benzene rings is 3. The van der Waals surface area contributed by atoms with Gasteiger partial charge in [-0.2, -0.15) is 0 Å². The first-order chi connectivity index (χ1) is 17.6. The van der Waals surface area contributed by atoms with Crippen LogP contribution in [0.4, 0.5) is 0 Å². The molecule has 0 aromatic heterocycles. The number of carbonyl (C=O) groups is 3. The minimum atomic E-state index is -1.42. The zero-order valence-corrected chi connectivity index (χ0v) is 18.9. The van der Waals surface area contributed by atoms with E-state index in [1.165, 1.54) is 12.1 Å². The molecule has 0 amide bonds. The summed E-state index contributed by atoms with van der Waals surface area (Å²) in [5, 5.41) is 3.73. The van der Waals surface area contributed by atoms with Crippen LogP contribution < -0.4 is 0 Å². The molecule has 1 unspecified atom stereocenters. The van der Waals surface area contributed by atoms with Crippen LogP contribution in [0, 0.1) is 0 Å². The molecule has 0 spiro atoms. The maximum absolute atomic E-state index is 12.9. The number of azide groups is 1. The summed E-state index contributed by atoms with van der Waals surface area (Å²) in [5.74, 6) is -2.19. The Balaban J connectivity index is 1.60. The Kier molecular flexibility index (Phi) is 7.92. The molecule has 1 fully saturated rings. The average Bonchev–Trinajstić information content (AvgIpc) is 2.93. The molecular weight excluding hydrogens is 466 g/mol. The summed E-state index contributed by atoms with van der Waals surface area (Å²) in [6.45, 7) is -0.269. The molecule has 36 heavy (non-hydrogen) atoms. The van der Waals surface area contributed by atoms with Crippen molar-refractivity contribution in [1.29, 1.82) is 0 Å². The highest BCUT2D eigenvalue weighted by Gasteiger charge is 2.47. The number of hydrogen-bond acceptors (Lipinski definition) is 8. The lowest BCUT2D eigenvalue weighted by molar-refractivity contribution is -0.219. The third kappa shape index (κ3) is 5.87. The second-order valence-electron chi connectivity index (χ2n) is 7.71. The van der Waals surface area contributed by atoms with E-state index in [-0.39, 0.29) is 23.3 Å². The van der Waals surface area contributed by atoms with E-state index >= 15 is 0 Å². The van der Waals surface area contributed by atoms with Gasteiger partial charge in [-0.1, -0.05) is 59.7 Å². The Morgan fingerprint density at radius 1 is 0.722 bits per heavy atom. The van der Waals surface area contributed by atoms with Gasteiger partial charge in [-0.15, -0.1) is 0 Å². The first-order valence-electron chi connectivity index (χ1n) is 11.0. The number of carbonyl (C=O) groups excluding carboxylic acids is 3. The average molecular weight is 487 g/mol. The summed E-state index contributed by atoms with van der Waals surface area (Å²) in [5.41, 5.74) is 9.96. The largest absolute Gasteiger partial charge is 0.456 e. The van der Waals surface area contributed by atoms with Crippen molar-refractivity contribution in [3.63, 3.8) is 0 Å². The number of esters is 3. The third-order valence-corrected chi connectivity index (χ3v) is 5.35. The highest BCUT2D eigenvalue weighted by atomic mass is 16.7. The van der Waals surface area contributed by atoms with Crippen LogP contribution in [0.3, 0.4) is 0 Å². The fourth-order valence-corrected chi connectivity index (χ4v) is 3.58. The lowest BCUT2D eigenvalue weighted by atomic mass is 10.0. The van der Waals surface area contributed by atoms with Crippen LogP contribution in [-0.4, -0.2) is 49.1 Å². The lowest BCUT2D eigenvalue weighted by Gasteiger charge is -2.38. The van der Waals surface area contributed by atoms with Crippen molar-refractivity contribution in [2.75, 3.05) is 6.61 Å². The van der Waals surface area contributed by atoms with Gasteiger partial charge < -0.3 is 18.9 Å². The van der Waals surface area contributed by atoms with E-state index in [9.17, 15) is 19.9 Å². The fourth-order valence-electron chi connectivity index (χ4n) is 3.58. The molecule has 1 aliphatic heterocycles. The van der Waals surface area contributed by atoms with Gasteiger partial charge in [0.25, 0.3) is 0 Å². The molecule has 0 bridgehead atoms. The Morgan fingerprint density at radius 3 is 1.64 bits per heavy atom.